The van der Waals surface area contributed by atoms with Crippen LogP contribution in [0.5, 0.6) is 0 Å². The number of nitrogens with zero attached hydrogens (tertiary/aromatic N) is 1. The normalized spacial score (nSPS) is 17.7. The van der Waals surface area contributed by atoms with Crippen molar-refractivity contribution in [3.8, 4) is 11.1 Å². The molecule has 2 amide bonds. The number of hydrogen-bond donors (Lipinski definition) is 2. The second-order valence-electron chi connectivity index (χ2n) is 9.31. The molecule has 0 radical (unpaired) electrons. The van der Waals surface area contributed by atoms with Crippen LogP contribution in [0.4, 0.5) is 5.69 Å². The number of para-hydroxylation sites is 1. The molecule has 184 valence electrons. The third-order valence-corrected chi connectivity index (χ3v) is 7.89. The summed E-state index contributed by atoms with van der Waals surface area (Å²) in [7, 11) is 0. The lowest BCUT2D eigenvalue weighted by Gasteiger charge is -2.26. The van der Waals surface area contributed by atoms with Gasteiger partial charge in [0.05, 0.1) is 5.01 Å². The van der Waals surface area contributed by atoms with Gasteiger partial charge < -0.3 is 10.6 Å². The Kier molecular flexibility index (Phi) is 8.69. The fourth-order valence-corrected chi connectivity index (χ4v) is 5.64. The molecule has 1 aromatic heterocycles. The molecular formula is C29H35N3O2S. The third-order valence-electron chi connectivity index (χ3n) is 6.88. The zero-order valence-corrected chi connectivity index (χ0v) is 21.5. The highest BCUT2D eigenvalue weighted by Crippen LogP contribution is 2.37. The SMILES string of the molecule is CCCCNC(=O)C1CCC(c2nc(C(=O)Nc3ccccc3-c3ccc(CC)cc3)cs2)CC1. The standard InChI is InChI=1S/C29H35N3O2S/c1-3-5-18-30-27(33)22-14-16-23(17-15-22)29-32-26(19-35-29)28(34)31-25-9-7-6-8-24(25)21-12-10-20(4-2)11-13-21/h6-13,19,22-23H,3-5,14-18H2,1-2H3,(H,30,33)(H,31,34). The van der Waals surface area contributed by atoms with Gasteiger partial charge in [0.1, 0.15) is 5.69 Å². The molecule has 0 bridgehead atoms. The minimum absolute atomic E-state index is 0.105. The van der Waals surface area contributed by atoms with Crippen LogP contribution in [0.1, 0.15) is 79.3 Å². The van der Waals surface area contributed by atoms with E-state index in [0.717, 1.165) is 73.3 Å². The molecule has 5 nitrogen and oxygen atoms in total. The van der Waals surface area contributed by atoms with Crippen molar-refractivity contribution >= 4 is 28.8 Å². The van der Waals surface area contributed by atoms with E-state index in [4.69, 9.17) is 4.98 Å². The molecule has 2 aromatic carbocycles. The number of anilines is 1. The van der Waals surface area contributed by atoms with Crippen LogP contribution < -0.4 is 10.6 Å². The summed E-state index contributed by atoms with van der Waals surface area (Å²) in [6.07, 6.45) is 6.76. The first kappa shape index (κ1) is 25.1. The predicted molar refractivity (Wildman–Crippen MR) is 144 cm³/mol. The molecule has 1 heterocycles. The Morgan fingerprint density at radius 1 is 1.00 bits per heavy atom. The van der Waals surface area contributed by atoms with E-state index in [-0.39, 0.29) is 17.7 Å². The molecule has 0 spiro atoms. The monoisotopic (exact) mass is 489 g/mol. The minimum atomic E-state index is -0.186. The van der Waals surface area contributed by atoms with E-state index in [1.165, 1.54) is 5.56 Å². The number of aryl methyl sites for hydroxylation is 1. The number of benzene rings is 2. The van der Waals surface area contributed by atoms with E-state index in [1.54, 1.807) is 11.3 Å². The van der Waals surface area contributed by atoms with Gasteiger partial charge in [-0.25, -0.2) is 4.98 Å². The van der Waals surface area contributed by atoms with Crippen molar-refractivity contribution < 1.29 is 9.59 Å². The number of rotatable bonds is 9. The quantitative estimate of drug-likeness (QED) is 0.324. The smallest absolute Gasteiger partial charge is 0.275 e. The van der Waals surface area contributed by atoms with Crippen molar-refractivity contribution in [1.82, 2.24) is 10.3 Å². The molecule has 2 N–H and O–H groups in total. The lowest BCUT2D eigenvalue weighted by atomic mass is 9.82. The first-order valence-electron chi connectivity index (χ1n) is 12.8. The third kappa shape index (κ3) is 6.37. The summed E-state index contributed by atoms with van der Waals surface area (Å²) in [5.74, 6) is 0.438. The molecule has 4 rings (SSSR count). The van der Waals surface area contributed by atoms with E-state index in [9.17, 15) is 9.59 Å². The molecule has 1 aliphatic rings. The molecule has 0 saturated heterocycles. The first-order valence-corrected chi connectivity index (χ1v) is 13.7. The maximum Gasteiger partial charge on any atom is 0.275 e. The molecule has 1 saturated carbocycles. The molecule has 35 heavy (non-hydrogen) atoms. The van der Waals surface area contributed by atoms with Crippen LogP contribution in [0.25, 0.3) is 11.1 Å². The Hall–Kier alpha value is -2.99. The highest BCUT2D eigenvalue weighted by Gasteiger charge is 2.29. The van der Waals surface area contributed by atoms with Crippen LogP contribution in [0.15, 0.2) is 53.9 Å². The highest BCUT2D eigenvalue weighted by atomic mass is 32.1. The average molecular weight is 490 g/mol. The van der Waals surface area contributed by atoms with Crippen molar-refractivity contribution in [1.29, 1.82) is 0 Å². The van der Waals surface area contributed by atoms with Gasteiger partial charge in [0, 0.05) is 35.0 Å². The molecule has 0 aliphatic heterocycles. The fourth-order valence-electron chi connectivity index (χ4n) is 4.66. The summed E-state index contributed by atoms with van der Waals surface area (Å²) in [4.78, 5) is 30.1. The highest BCUT2D eigenvalue weighted by molar-refractivity contribution is 7.10. The van der Waals surface area contributed by atoms with E-state index in [2.05, 4.69) is 48.7 Å². The second kappa shape index (κ2) is 12.1. The summed E-state index contributed by atoms with van der Waals surface area (Å²) in [5, 5.41) is 8.99. The number of aromatic nitrogens is 1. The van der Waals surface area contributed by atoms with E-state index >= 15 is 0 Å². The van der Waals surface area contributed by atoms with Crippen molar-refractivity contribution in [2.75, 3.05) is 11.9 Å². The first-order chi connectivity index (χ1) is 17.1. The number of carbonyl (C=O) groups excluding carboxylic acids is 2. The summed E-state index contributed by atoms with van der Waals surface area (Å²) in [6, 6.07) is 16.3. The maximum absolute atomic E-state index is 13.0. The van der Waals surface area contributed by atoms with Gasteiger partial charge in [0.25, 0.3) is 5.91 Å². The average Bonchev–Trinajstić information content (AvgIpc) is 3.40. The number of unbranched alkanes of at least 4 members (excludes halogenated alkanes) is 1. The van der Waals surface area contributed by atoms with Gasteiger partial charge in [-0.1, -0.05) is 62.7 Å². The molecule has 6 heteroatoms. The van der Waals surface area contributed by atoms with Gasteiger partial charge in [-0.2, -0.15) is 0 Å². The lowest BCUT2D eigenvalue weighted by molar-refractivity contribution is -0.126. The van der Waals surface area contributed by atoms with Crippen LogP contribution in [0.2, 0.25) is 0 Å². The Bertz CT molecular complexity index is 1130. The minimum Gasteiger partial charge on any atom is -0.356 e. The van der Waals surface area contributed by atoms with Gasteiger partial charge in [-0.05, 0) is 55.7 Å². The van der Waals surface area contributed by atoms with Crippen molar-refractivity contribution in [2.45, 2.75) is 64.7 Å². The predicted octanol–water partition coefficient (Wildman–Crippen LogP) is 6.81. The Labute approximate surface area is 212 Å². The van der Waals surface area contributed by atoms with Gasteiger partial charge in [0.2, 0.25) is 5.91 Å². The van der Waals surface area contributed by atoms with Crippen molar-refractivity contribution in [3.63, 3.8) is 0 Å². The van der Waals surface area contributed by atoms with E-state index in [0.29, 0.717) is 11.6 Å². The molecule has 1 aliphatic carbocycles. The van der Waals surface area contributed by atoms with Crippen LogP contribution in [0.3, 0.4) is 0 Å². The summed E-state index contributed by atoms with van der Waals surface area (Å²) in [6.45, 7) is 5.04. The molecule has 0 atom stereocenters. The van der Waals surface area contributed by atoms with E-state index in [1.807, 2.05) is 29.6 Å². The van der Waals surface area contributed by atoms with Crippen LogP contribution >= 0.6 is 11.3 Å². The zero-order chi connectivity index (χ0) is 24.6. The molecule has 3 aromatic rings. The lowest BCUT2D eigenvalue weighted by Crippen LogP contribution is -2.33. The van der Waals surface area contributed by atoms with Crippen LogP contribution in [-0.2, 0) is 11.2 Å². The van der Waals surface area contributed by atoms with Gasteiger partial charge in [-0.3, -0.25) is 9.59 Å². The van der Waals surface area contributed by atoms with Crippen molar-refractivity contribution in [2.24, 2.45) is 5.92 Å². The zero-order valence-electron chi connectivity index (χ0n) is 20.7. The maximum atomic E-state index is 13.0. The van der Waals surface area contributed by atoms with Crippen LogP contribution in [-0.4, -0.2) is 23.3 Å². The number of carbonyl (C=O) groups is 2. The Morgan fingerprint density at radius 3 is 2.46 bits per heavy atom. The fraction of sp³-hybridized carbons (Fsp3) is 0.414. The molecular weight excluding hydrogens is 454 g/mol. The number of thiazole rings is 1. The topological polar surface area (TPSA) is 71.1 Å². The van der Waals surface area contributed by atoms with E-state index < -0.39 is 0 Å². The largest absolute Gasteiger partial charge is 0.356 e. The summed E-state index contributed by atoms with van der Waals surface area (Å²) in [5.41, 5.74) is 4.60. The van der Waals surface area contributed by atoms with Gasteiger partial charge in [0.15, 0.2) is 0 Å². The van der Waals surface area contributed by atoms with Crippen molar-refractivity contribution in [3.05, 3.63) is 70.2 Å². The summed E-state index contributed by atoms with van der Waals surface area (Å²) >= 11 is 1.55. The van der Waals surface area contributed by atoms with Gasteiger partial charge in [-0.15, -0.1) is 11.3 Å². The Balaban J connectivity index is 1.37. The number of nitrogens with one attached hydrogen (secondary N) is 2. The molecule has 0 unspecified atom stereocenters. The number of amides is 2. The Morgan fingerprint density at radius 2 is 1.74 bits per heavy atom. The number of hydrogen-bond acceptors (Lipinski definition) is 4. The van der Waals surface area contributed by atoms with Gasteiger partial charge >= 0.3 is 0 Å². The molecule has 1 fully saturated rings. The van der Waals surface area contributed by atoms with Crippen LogP contribution in [0, 0.1) is 5.92 Å². The summed E-state index contributed by atoms with van der Waals surface area (Å²) < 4.78 is 0. The second-order valence-corrected chi connectivity index (χ2v) is 10.2.